The Hall–Kier alpha value is -2.95. The molecule has 3 aromatic rings. The van der Waals surface area contributed by atoms with E-state index in [2.05, 4.69) is 75.6 Å². The van der Waals surface area contributed by atoms with Crippen LogP contribution in [0.4, 0.5) is 4.39 Å². The van der Waals surface area contributed by atoms with E-state index in [1.54, 1.807) is 6.07 Å². The summed E-state index contributed by atoms with van der Waals surface area (Å²) >= 11 is 0. The van der Waals surface area contributed by atoms with Gasteiger partial charge in [-0.05, 0) is 131 Å². The van der Waals surface area contributed by atoms with E-state index in [0.717, 1.165) is 43.0 Å². The summed E-state index contributed by atoms with van der Waals surface area (Å²) in [5.41, 5.74) is 3.24. The number of nitrogens with one attached hydrogen (secondary N) is 2. The zero-order chi connectivity index (χ0) is 30.3. The van der Waals surface area contributed by atoms with Gasteiger partial charge < -0.3 is 15.5 Å². The third kappa shape index (κ3) is 8.65. The van der Waals surface area contributed by atoms with E-state index >= 15 is 0 Å². The molecule has 3 aliphatic rings. The second-order valence-corrected chi connectivity index (χ2v) is 13.1. The van der Waals surface area contributed by atoms with Crippen molar-refractivity contribution in [2.45, 2.75) is 58.0 Å². The Morgan fingerprint density at radius 2 is 1.67 bits per heavy atom. The zero-order valence-electron chi connectivity index (χ0n) is 26.6. The molecule has 3 aromatic carbocycles. The molecule has 0 radical (unpaired) electrons. The minimum atomic E-state index is -0.273. The number of carbonyl (C=O) groups is 1. The van der Waals surface area contributed by atoms with Crippen molar-refractivity contribution < 1.29 is 9.18 Å². The molecule has 3 heterocycles. The van der Waals surface area contributed by atoms with Gasteiger partial charge >= 0.3 is 0 Å². The van der Waals surface area contributed by atoms with Gasteiger partial charge in [0.15, 0.2) is 0 Å². The molecule has 7 heteroatoms. The van der Waals surface area contributed by atoms with E-state index in [9.17, 15) is 9.18 Å². The fraction of sp³-hybridized carbons (Fsp3) is 0.500. The van der Waals surface area contributed by atoms with Gasteiger partial charge in [0.2, 0.25) is 5.91 Å². The number of hydrogen-bond acceptors (Lipinski definition) is 4. The predicted molar refractivity (Wildman–Crippen MR) is 184 cm³/mol. The minimum Gasteiger partial charge on any atom is -0.352 e. The van der Waals surface area contributed by atoms with E-state index in [4.69, 9.17) is 0 Å². The van der Waals surface area contributed by atoms with Crippen LogP contribution in [0.15, 0.2) is 60.7 Å². The monoisotopic (exact) mass is 630 g/mol. The van der Waals surface area contributed by atoms with E-state index in [0.29, 0.717) is 12.5 Å². The van der Waals surface area contributed by atoms with E-state index in [1.807, 2.05) is 6.07 Å². The Morgan fingerprint density at radius 1 is 0.933 bits per heavy atom. The summed E-state index contributed by atoms with van der Waals surface area (Å²) in [6.45, 7) is 10.4. The van der Waals surface area contributed by atoms with Gasteiger partial charge in [-0.2, -0.15) is 0 Å². The highest BCUT2D eigenvalue weighted by Crippen LogP contribution is 2.33. The van der Waals surface area contributed by atoms with Crippen LogP contribution in [-0.2, 0) is 11.3 Å². The standard InChI is InChI=1S/C38H47FN4O.ClH/c1-28(43-23-17-33(18-24-43)38(44)41-26-31-5-4-6-34(39)25-31)35-12-11-32(36-7-2-3-8-37(35)36)10-9-29-15-21-42(22-16-29)27-30-13-19-40-20-14-30;/h2-8,11-12,25,28-30,33,40H,13-24,26-27H2,1H3,(H,41,44);1H. The molecule has 0 spiro atoms. The lowest BCUT2D eigenvalue weighted by Crippen LogP contribution is -2.41. The van der Waals surface area contributed by atoms with Crippen LogP contribution in [0.25, 0.3) is 10.8 Å². The maximum atomic E-state index is 13.5. The topological polar surface area (TPSA) is 47.6 Å². The van der Waals surface area contributed by atoms with Gasteiger partial charge in [0.25, 0.3) is 0 Å². The highest BCUT2D eigenvalue weighted by atomic mass is 35.5. The van der Waals surface area contributed by atoms with Crippen LogP contribution in [0.2, 0.25) is 0 Å². The summed E-state index contributed by atoms with van der Waals surface area (Å²) in [5, 5.41) is 9.01. The molecule has 2 N–H and O–H groups in total. The van der Waals surface area contributed by atoms with Crippen molar-refractivity contribution in [3.8, 4) is 11.8 Å². The number of likely N-dealkylation sites (tertiary alicyclic amines) is 2. The Kier molecular flexibility index (Phi) is 11.9. The second-order valence-electron chi connectivity index (χ2n) is 13.1. The van der Waals surface area contributed by atoms with Crippen LogP contribution >= 0.6 is 12.4 Å². The number of hydrogen-bond donors (Lipinski definition) is 2. The van der Waals surface area contributed by atoms with Gasteiger partial charge in [0.1, 0.15) is 5.82 Å². The molecule has 0 saturated carbocycles. The largest absolute Gasteiger partial charge is 0.352 e. The van der Waals surface area contributed by atoms with Gasteiger partial charge in [-0.15, -0.1) is 12.4 Å². The minimum absolute atomic E-state index is 0. The molecule has 6 rings (SSSR count). The van der Waals surface area contributed by atoms with Crippen LogP contribution in [0.1, 0.15) is 68.2 Å². The lowest BCUT2D eigenvalue weighted by atomic mass is 9.91. The summed E-state index contributed by atoms with van der Waals surface area (Å²) < 4.78 is 13.5. The maximum absolute atomic E-state index is 13.5. The summed E-state index contributed by atoms with van der Waals surface area (Å²) in [7, 11) is 0. The highest BCUT2D eigenvalue weighted by Gasteiger charge is 2.28. The quantitative estimate of drug-likeness (QED) is 0.291. The lowest BCUT2D eigenvalue weighted by molar-refractivity contribution is -0.126. The van der Waals surface area contributed by atoms with E-state index < -0.39 is 0 Å². The molecule has 1 unspecified atom stereocenters. The average Bonchev–Trinajstić information content (AvgIpc) is 3.07. The molecule has 45 heavy (non-hydrogen) atoms. The molecular weight excluding hydrogens is 583 g/mol. The molecule has 3 fully saturated rings. The summed E-state index contributed by atoms with van der Waals surface area (Å²) in [4.78, 5) is 18.0. The Morgan fingerprint density at radius 3 is 2.40 bits per heavy atom. The number of fused-ring (bicyclic) bond motifs is 1. The van der Waals surface area contributed by atoms with Crippen LogP contribution < -0.4 is 10.6 Å². The number of rotatable bonds is 7. The average molecular weight is 631 g/mol. The highest BCUT2D eigenvalue weighted by molar-refractivity contribution is 5.91. The number of piperidine rings is 3. The third-order valence-electron chi connectivity index (χ3n) is 10.2. The number of carbonyl (C=O) groups excluding carboxylic acids is 1. The van der Waals surface area contributed by atoms with Gasteiger partial charge in [-0.25, -0.2) is 4.39 Å². The van der Waals surface area contributed by atoms with Crippen LogP contribution in [-0.4, -0.2) is 61.5 Å². The lowest BCUT2D eigenvalue weighted by Gasteiger charge is -2.36. The smallest absolute Gasteiger partial charge is 0.223 e. The third-order valence-corrected chi connectivity index (χ3v) is 10.2. The molecule has 0 aliphatic carbocycles. The molecule has 1 atom stereocenters. The Labute approximate surface area is 274 Å². The van der Waals surface area contributed by atoms with Crippen molar-refractivity contribution in [3.63, 3.8) is 0 Å². The SMILES string of the molecule is CC(c1ccc(C#CC2CCN(CC3CCNCC3)CC2)c2ccccc12)N1CCC(C(=O)NCc2cccc(F)c2)CC1.Cl. The Bertz CT molecular complexity index is 1480. The van der Waals surface area contributed by atoms with E-state index in [-0.39, 0.29) is 36.1 Å². The first-order chi connectivity index (χ1) is 21.5. The van der Waals surface area contributed by atoms with E-state index in [1.165, 1.54) is 86.9 Å². The predicted octanol–water partition coefficient (Wildman–Crippen LogP) is 6.55. The van der Waals surface area contributed by atoms with Gasteiger partial charge in [-0.1, -0.05) is 54.3 Å². The fourth-order valence-electron chi connectivity index (χ4n) is 7.39. The molecule has 1 amide bonds. The molecule has 0 aromatic heterocycles. The molecule has 5 nitrogen and oxygen atoms in total. The van der Waals surface area contributed by atoms with Crippen molar-refractivity contribution in [2.24, 2.45) is 17.8 Å². The first-order valence-corrected chi connectivity index (χ1v) is 16.8. The van der Waals surface area contributed by atoms with Gasteiger partial charge in [0, 0.05) is 36.5 Å². The molecule has 0 bridgehead atoms. The fourth-order valence-corrected chi connectivity index (χ4v) is 7.39. The molecule has 3 saturated heterocycles. The number of amides is 1. The van der Waals surface area contributed by atoms with Gasteiger partial charge in [-0.3, -0.25) is 9.69 Å². The Balaban J connectivity index is 0.00000400. The van der Waals surface area contributed by atoms with Crippen LogP contribution in [0.5, 0.6) is 0 Å². The van der Waals surface area contributed by atoms with Crippen LogP contribution in [0, 0.1) is 35.4 Å². The number of halogens is 2. The summed E-state index contributed by atoms with van der Waals surface area (Å²) in [5.74, 6) is 8.37. The number of benzene rings is 3. The first kappa shape index (κ1) is 33.4. The van der Waals surface area contributed by atoms with Crippen molar-refractivity contribution in [1.82, 2.24) is 20.4 Å². The van der Waals surface area contributed by atoms with Crippen molar-refractivity contribution in [2.75, 3.05) is 45.8 Å². The molecule has 3 aliphatic heterocycles. The summed E-state index contributed by atoms with van der Waals surface area (Å²) in [6, 6.07) is 19.9. The van der Waals surface area contributed by atoms with Crippen molar-refractivity contribution in [3.05, 3.63) is 83.2 Å². The van der Waals surface area contributed by atoms with Crippen molar-refractivity contribution >= 4 is 29.1 Å². The number of nitrogens with zero attached hydrogens (tertiary/aromatic N) is 2. The first-order valence-electron chi connectivity index (χ1n) is 16.8. The maximum Gasteiger partial charge on any atom is 0.223 e. The normalized spacial score (nSPS) is 19.8. The van der Waals surface area contributed by atoms with Crippen LogP contribution in [0.3, 0.4) is 0 Å². The summed E-state index contributed by atoms with van der Waals surface area (Å²) in [6.07, 6.45) is 6.63. The molecule has 240 valence electrons. The molecular formula is C38H48ClFN4O. The van der Waals surface area contributed by atoms with Crippen molar-refractivity contribution in [1.29, 1.82) is 0 Å². The van der Waals surface area contributed by atoms with Gasteiger partial charge in [0.05, 0.1) is 0 Å². The second kappa shape index (κ2) is 16.1. The zero-order valence-corrected chi connectivity index (χ0v) is 27.4.